The van der Waals surface area contributed by atoms with Crippen LogP contribution < -0.4 is 9.47 Å². The van der Waals surface area contributed by atoms with E-state index in [1.807, 2.05) is 38.9 Å². The lowest BCUT2D eigenvalue weighted by Gasteiger charge is -2.38. The Labute approximate surface area is 175 Å². The molecule has 1 aliphatic rings. The molecule has 0 saturated carbocycles. The van der Waals surface area contributed by atoms with Crippen molar-refractivity contribution in [2.45, 2.75) is 44.1 Å². The minimum absolute atomic E-state index is 0.136. The monoisotopic (exact) mass is 423 g/mol. The number of nitrogens with zero attached hydrogens (tertiary/aromatic N) is 1. The van der Waals surface area contributed by atoms with Crippen LogP contribution in [0.25, 0.3) is 0 Å². The molecule has 2 atom stereocenters. The molecule has 1 aliphatic heterocycles. The second-order valence-corrected chi connectivity index (χ2v) is 8.67. The van der Waals surface area contributed by atoms with E-state index < -0.39 is 23.4 Å². The summed E-state index contributed by atoms with van der Waals surface area (Å²) in [5.41, 5.74) is 0.239. The number of alkyl halides is 3. The molecule has 2 aromatic rings. The second-order valence-electron chi connectivity index (χ2n) is 8.67. The molecule has 1 heterocycles. The lowest BCUT2D eigenvalue weighted by atomic mass is 9.79. The van der Waals surface area contributed by atoms with Crippen molar-refractivity contribution in [3.8, 4) is 11.5 Å². The first-order valence-electron chi connectivity index (χ1n) is 9.90. The first-order chi connectivity index (χ1) is 13.9. The molecule has 3 rings (SSSR count). The molecule has 0 fully saturated rings. The predicted octanol–water partition coefficient (Wildman–Crippen LogP) is 4.70. The fourth-order valence-electron chi connectivity index (χ4n) is 3.82. The Hall–Kier alpha value is -2.25. The van der Waals surface area contributed by atoms with Crippen molar-refractivity contribution in [1.29, 1.82) is 0 Å². The predicted molar refractivity (Wildman–Crippen MR) is 109 cm³/mol. The summed E-state index contributed by atoms with van der Waals surface area (Å²) in [7, 11) is 3.73. The van der Waals surface area contributed by atoms with E-state index in [4.69, 9.17) is 9.47 Å². The zero-order chi connectivity index (χ0) is 22.1. The van der Waals surface area contributed by atoms with E-state index in [9.17, 15) is 18.3 Å². The minimum Gasteiger partial charge on any atom is -0.491 e. The lowest BCUT2D eigenvalue weighted by Crippen LogP contribution is -2.35. The molecule has 0 radical (unpaired) electrons. The van der Waals surface area contributed by atoms with Crippen molar-refractivity contribution in [3.05, 3.63) is 59.2 Å². The molecule has 164 valence electrons. The second kappa shape index (κ2) is 8.47. The number of fused-ring (bicyclic) bond motifs is 1. The van der Waals surface area contributed by atoms with Crippen molar-refractivity contribution in [2.75, 3.05) is 27.2 Å². The SMILES string of the molecule is CN(C)CC(O)COc1ccc2c(c1)OC(C)(C)CC2c1cccc(C(F)(F)F)c1. The van der Waals surface area contributed by atoms with Gasteiger partial charge in [-0.1, -0.05) is 24.3 Å². The van der Waals surface area contributed by atoms with Gasteiger partial charge in [-0.15, -0.1) is 0 Å². The zero-order valence-corrected chi connectivity index (χ0v) is 17.7. The van der Waals surface area contributed by atoms with Crippen LogP contribution in [0.5, 0.6) is 11.5 Å². The van der Waals surface area contributed by atoms with E-state index in [1.54, 1.807) is 18.2 Å². The van der Waals surface area contributed by atoms with Crippen LogP contribution >= 0.6 is 0 Å². The Kier molecular flexibility index (Phi) is 6.34. The number of halogens is 3. The van der Waals surface area contributed by atoms with Crippen LogP contribution in [-0.2, 0) is 6.18 Å². The van der Waals surface area contributed by atoms with Gasteiger partial charge < -0.3 is 19.5 Å². The molecule has 4 nitrogen and oxygen atoms in total. The summed E-state index contributed by atoms with van der Waals surface area (Å²) in [6, 6.07) is 10.8. The van der Waals surface area contributed by atoms with Gasteiger partial charge in [0.15, 0.2) is 0 Å². The summed E-state index contributed by atoms with van der Waals surface area (Å²) in [5.74, 6) is 0.916. The van der Waals surface area contributed by atoms with E-state index in [0.717, 1.165) is 11.6 Å². The topological polar surface area (TPSA) is 41.9 Å². The maximum Gasteiger partial charge on any atom is 0.416 e. The number of aliphatic hydroxyl groups is 1. The molecule has 7 heteroatoms. The molecule has 1 N–H and O–H groups in total. The molecule has 30 heavy (non-hydrogen) atoms. The van der Waals surface area contributed by atoms with Gasteiger partial charge in [-0.25, -0.2) is 0 Å². The molecule has 0 amide bonds. The zero-order valence-electron chi connectivity index (χ0n) is 17.7. The van der Waals surface area contributed by atoms with Gasteiger partial charge >= 0.3 is 6.18 Å². The maximum atomic E-state index is 13.2. The standard InChI is InChI=1S/C23H28F3NO3/c1-22(2)12-20(15-6-5-7-16(10-15)23(24,25)26)19-9-8-18(11-21(19)30-22)29-14-17(28)13-27(3)4/h5-11,17,20,28H,12-14H2,1-4H3. The summed E-state index contributed by atoms with van der Waals surface area (Å²) in [6.45, 7) is 4.46. The molecule has 0 aromatic heterocycles. The largest absolute Gasteiger partial charge is 0.491 e. The fourth-order valence-corrected chi connectivity index (χ4v) is 3.82. The highest BCUT2D eigenvalue weighted by atomic mass is 19.4. The summed E-state index contributed by atoms with van der Waals surface area (Å²) >= 11 is 0. The van der Waals surface area contributed by atoms with Crippen LogP contribution in [-0.4, -0.2) is 49.0 Å². The highest BCUT2D eigenvalue weighted by molar-refractivity contribution is 5.49. The number of hydrogen-bond donors (Lipinski definition) is 1. The van der Waals surface area contributed by atoms with Gasteiger partial charge in [0, 0.05) is 24.1 Å². The molecule has 0 aliphatic carbocycles. The van der Waals surface area contributed by atoms with Gasteiger partial charge in [0.25, 0.3) is 0 Å². The van der Waals surface area contributed by atoms with E-state index in [1.165, 1.54) is 12.1 Å². The van der Waals surface area contributed by atoms with Crippen LogP contribution in [0, 0.1) is 0 Å². The van der Waals surface area contributed by atoms with Crippen LogP contribution in [0.1, 0.15) is 42.9 Å². The van der Waals surface area contributed by atoms with Crippen molar-refractivity contribution in [2.24, 2.45) is 0 Å². The summed E-state index contributed by atoms with van der Waals surface area (Å²) in [5, 5.41) is 10.00. The van der Waals surface area contributed by atoms with Gasteiger partial charge in [-0.05, 0) is 52.1 Å². The van der Waals surface area contributed by atoms with Gasteiger partial charge in [-0.2, -0.15) is 13.2 Å². The first kappa shape index (κ1) is 22.4. The van der Waals surface area contributed by atoms with Crippen molar-refractivity contribution in [3.63, 3.8) is 0 Å². The van der Waals surface area contributed by atoms with E-state index in [2.05, 4.69) is 0 Å². The lowest BCUT2D eigenvalue weighted by molar-refractivity contribution is -0.137. The Morgan fingerprint density at radius 1 is 1.20 bits per heavy atom. The third kappa shape index (κ3) is 5.46. The van der Waals surface area contributed by atoms with Crippen molar-refractivity contribution >= 4 is 0 Å². The van der Waals surface area contributed by atoms with E-state index in [-0.39, 0.29) is 12.5 Å². The first-order valence-corrected chi connectivity index (χ1v) is 9.90. The van der Waals surface area contributed by atoms with Gasteiger partial charge in [0.05, 0.1) is 5.56 Å². The Morgan fingerprint density at radius 2 is 1.93 bits per heavy atom. The maximum absolute atomic E-state index is 13.2. The normalized spacial score (nSPS) is 19.2. The van der Waals surface area contributed by atoms with Crippen LogP contribution in [0.3, 0.4) is 0 Å². The third-order valence-corrected chi connectivity index (χ3v) is 5.08. The van der Waals surface area contributed by atoms with Gasteiger partial charge in [0.2, 0.25) is 0 Å². The number of benzene rings is 2. The summed E-state index contributed by atoms with van der Waals surface area (Å²) in [6.07, 6.45) is -4.46. The van der Waals surface area contributed by atoms with Crippen LogP contribution in [0.2, 0.25) is 0 Å². The Morgan fingerprint density at radius 3 is 2.60 bits per heavy atom. The average Bonchev–Trinajstić information content (AvgIpc) is 2.63. The number of hydrogen-bond acceptors (Lipinski definition) is 4. The smallest absolute Gasteiger partial charge is 0.416 e. The molecule has 0 spiro atoms. The third-order valence-electron chi connectivity index (χ3n) is 5.08. The molecule has 0 bridgehead atoms. The molecular formula is C23H28F3NO3. The molecular weight excluding hydrogens is 395 g/mol. The fraction of sp³-hybridized carbons (Fsp3) is 0.478. The van der Waals surface area contributed by atoms with E-state index in [0.29, 0.717) is 30.0 Å². The van der Waals surface area contributed by atoms with Crippen LogP contribution in [0.4, 0.5) is 13.2 Å². The van der Waals surface area contributed by atoms with Gasteiger partial charge in [-0.3, -0.25) is 0 Å². The number of rotatable bonds is 6. The van der Waals surface area contributed by atoms with Crippen molar-refractivity contribution < 1.29 is 27.8 Å². The summed E-state index contributed by atoms with van der Waals surface area (Å²) < 4.78 is 51.4. The number of ether oxygens (including phenoxy) is 2. The van der Waals surface area contributed by atoms with Crippen LogP contribution in [0.15, 0.2) is 42.5 Å². The molecule has 2 aromatic carbocycles. The highest BCUT2D eigenvalue weighted by Gasteiger charge is 2.36. The Bertz CT molecular complexity index is 880. The van der Waals surface area contributed by atoms with Gasteiger partial charge in [0.1, 0.15) is 29.8 Å². The Balaban J connectivity index is 1.88. The average molecular weight is 423 g/mol. The summed E-state index contributed by atoms with van der Waals surface area (Å²) in [4.78, 5) is 1.87. The van der Waals surface area contributed by atoms with E-state index >= 15 is 0 Å². The quantitative estimate of drug-likeness (QED) is 0.731. The molecule has 0 saturated heterocycles. The van der Waals surface area contributed by atoms with Crippen molar-refractivity contribution in [1.82, 2.24) is 4.90 Å². The number of likely N-dealkylation sites (N-methyl/N-ethyl adjacent to an activating group) is 1. The molecule has 2 unspecified atom stereocenters. The minimum atomic E-state index is -4.38. The highest BCUT2D eigenvalue weighted by Crippen LogP contribution is 2.46. The number of aliphatic hydroxyl groups excluding tert-OH is 1.